The third kappa shape index (κ3) is 3.18. The number of aromatic nitrogens is 1. The first-order valence-electron chi connectivity index (χ1n) is 6.06. The molecule has 8 heteroatoms. The SMILES string of the molecule is Cc1cnc2c(S(=O)(=O)NC(CO)C(=O)O)cccc2c1. The van der Waals surface area contributed by atoms with Gasteiger partial charge >= 0.3 is 5.97 Å². The Morgan fingerprint density at radius 3 is 2.76 bits per heavy atom. The van der Waals surface area contributed by atoms with Gasteiger partial charge in [0.2, 0.25) is 10.0 Å². The van der Waals surface area contributed by atoms with Crippen molar-refractivity contribution < 1.29 is 23.4 Å². The van der Waals surface area contributed by atoms with Crippen LogP contribution in [0, 0.1) is 6.92 Å². The Bertz CT molecular complexity index is 788. The van der Waals surface area contributed by atoms with Crippen molar-refractivity contribution in [3.63, 3.8) is 0 Å². The number of carboxylic acids is 1. The summed E-state index contributed by atoms with van der Waals surface area (Å²) in [4.78, 5) is 14.8. The molecule has 0 amide bonds. The Labute approximate surface area is 121 Å². The van der Waals surface area contributed by atoms with Gasteiger partial charge in [0.05, 0.1) is 12.1 Å². The number of benzene rings is 1. The first kappa shape index (κ1) is 15.4. The topological polar surface area (TPSA) is 117 Å². The Morgan fingerprint density at radius 1 is 1.43 bits per heavy atom. The van der Waals surface area contributed by atoms with Gasteiger partial charge in [0.25, 0.3) is 0 Å². The van der Waals surface area contributed by atoms with Crippen LogP contribution in [0.4, 0.5) is 0 Å². The van der Waals surface area contributed by atoms with E-state index in [4.69, 9.17) is 10.2 Å². The first-order valence-corrected chi connectivity index (χ1v) is 7.55. The molecule has 0 bridgehead atoms. The molecule has 1 atom stereocenters. The van der Waals surface area contributed by atoms with Crippen LogP contribution in [0.5, 0.6) is 0 Å². The minimum atomic E-state index is -4.11. The molecule has 1 heterocycles. The molecule has 21 heavy (non-hydrogen) atoms. The fourth-order valence-corrected chi connectivity index (χ4v) is 3.24. The number of para-hydroxylation sites is 1. The van der Waals surface area contributed by atoms with Crippen LogP contribution in [0.3, 0.4) is 0 Å². The van der Waals surface area contributed by atoms with Crippen LogP contribution < -0.4 is 4.72 Å². The zero-order valence-corrected chi connectivity index (χ0v) is 12.0. The van der Waals surface area contributed by atoms with Crippen LogP contribution in [0.25, 0.3) is 10.9 Å². The van der Waals surface area contributed by atoms with Crippen LogP contribution >= 0.6 is 0 Å². The number of aryl methyl sites for hydroxylation is 1. The maximum Gasteiger partial charge on any atom is 0.324 e. The number of sulfonamides is 1. The summed E-state index contributed by atoms with van der Waals surface area (Å²) >= 11 is 0. The van der Waals surface area contributed by atoms with Crippen LogP contribution in [0.15, 0.2) is 35.4 Å². The molecule has 0 aliphatic heterocycles. The highest BCUT2D eigenvalue weighted by molar-refractivity contribution is 7.89. The van der Waals surface area contributed by atoms with E-state index >= 15 is 0 Å². The van der Waals surface area contributed by atoms with Crippen LogP contribution in [0.1, 0.15) is 5.56 Å². The zero-order chi connectivity index (χ0) is 15.6. The summed E-state index contributed by atoms with van der Waals surface area (Å²) in [5, 5.41) is 18.4. The number of nitrogens with one attached hydrogen (secondary N) is 1. The summed E-state index contributed by atoms with van der Waals surface area (Å²) in [5.74, 6) is -1.45. The standard InChI is InChI=1S/C13H14N2O5S/c1-8-5-9-3-2-4-11(12(9)14-6-8)21(19,20)15-10(7-16)13(17)18/h2-6,10,15-16H,7H2,1H3,(H,17,18). The van der Waals surface area contributed by atoms with Crippen LogP contribution in [-0.4, -0.2) is 42.2 Å². The van der Waals surface area contributed by atoms with E-state index in [1.807, 2.05) is 11.6 Å². The minimum absolute atomic E-state index is 0.125. The summed E-state index contributed by atoms with van der Waals surface area (Å²) in [6.07, 6.45) is 1.53. The maximum absolute atomic E-state index is 12.3. The number of carboxylic acid groups (broad SMARTS) is 1. The molecular weight excluding hydrogens is 296 g/mol. The van der Waals surface area contributed by atoms with E-state index in [0.29, 0.717) is 5.39 Å². The van der Waals surface area contributed by atoms with Crippen LogP contribution in [-0.2, 0) is 14.8 Å². The summed E-state index contributed by atoms with van der Waals surface area (Å²) < 4.78 is 26.5. The molecule has 1 unspecified atom stereocenters. The number of nitrogens with zero attached hydrogens (tertiary/aromatic N) is 1. The number of hydrogen-bond donors (Lipinski definition) is 3. The monoisotopic (exact) mass is 310 g/mol. The van der Waals surface area contributed by atoms with Gasteiger partial charge in [0.15, 0.2) is 0 Å². The van der Waals surface area contributed by atoms with Crippen molar-refractivity contribution in [1.29, 1.82) is 0 Å². The van der Waals surface area contributed by atoms with E-state index in [1.54, 1.807) is 18.2 Å². The molecule has 3 N–H and O–H groups in total. The number of aliphatic carboxylic acids is 1. The highest BCUT2D eigenvalue weighted by atomic mass is 32.2. The van der Waals surface area contributed by atoms with Crippen molar-refractivity contribution in [2.75, 3.05) is 6.61 Å². The fraction of sp³-hybridized carbons (Fsp3) is 0.231. The average molecular weight is 310 g/mol. The van der Waals surface area contributed by atoms with Crippen molar-refractivity contribution in [3.05, 3.63) is 36.0 Å². The second kappa shape index (κ2) is 5.76. The van der Waals surface area contributed by atoms with Crippen molar-refractivity contribution in [1.82, 2.24) is 9.71 Å². The predicted molar refractivity (Wildman–Crippen MR) is 75.3 cm³/mol. The highest BCUT2D eigenvalue weighted by Gasteiger charge is 2.26. The number of fused-ring (bicyclic) bond motifs is 1. The molecular formula is C13H14N2O5S. The Hall–Kier alpha value is -2.03. The van der Waals surface area contributed by atoms with E-state index in [9.17, 15) is 13.2 Å². The van der Waals surface area contributed by atoms with Crippen molar-refractivity contribution in [2.24, 2.45) is 0 Å². The first-order chi connectivity index (χ1) is 9.85. The van der Waals surface area contributed by atoms with E-state index in [2.05, 4.69) is 4.98 Å². The molecule has 1 aromatic heterocycles. The Balaban J connectivity index is 2.52. The second-order valence-electron chi connectivity index (χ2n) is 4.54. The second-order valence-corrected chi connectivity index (χ2v) is 6.22. The van der Waals surface area contributed by atoms with Gasteiger partial charge < -0.3 is 10.2 Å². The Kier molecular flexibility index (Phi) is 4.21. The predicted octanol–water partition coefficient (Wildman–Crippen LogP) is 0.267. The van der Waals surface area contributed by atoms with Gasteiger partial charge in [0, 0.05) is 11.6 Å². The molecule has 0 saturated carbocycles. The van der Waals surface area contributed by atoms with Gasteiger partial charge in [-0.2, -0.15) is 4.72 Å². The van der Waals surface area contributed by atoms with Crippen molar-refractivity contribution in [2.45, 2.75) is 17.9 Å². The molecule has 0 spiro atoms. The molecule has 2 aromatic rings. The molecule has 112 valence electrons. The van der Waals surface area contributed by atoms with Gasteiger partial charge in [-0.3, -0.25) is 9.78 Å². The van der Waals surface area contributed by atoms with Gasteiger partial charge in [-0.1, -0.05) is 12.1 Å². The number of carbonyl (C=O) groups is 1. The van der Waals surface area contributed by atoms with E-state index in [-0.39, 0.29) is 10.4 Å². The molecule has 1 aromatic carbocycles. The molecule has 0 fully saturated rings. The summed E-state index contributed by atoms with van der Waals surface area (Å²) in [5.41, 5.74) is 1.13. The summed E-state index contributed by atoms with van der Waals surface area (Å²) in [6.45, 7) is 0.990. The lowest BCUT2D eigenvalue weighted by Gasteiger charge is -2.13. The lowest BCUT2D eigenvalue weighted by molar-refractivity contribution is -0.139. The number of aliphatic hydroxyl groups excluding tert-OH is 1. The molecule has 2 rings (SSSR count). The molecule has 0 radical (unpaired) electrons. The van der Waals surface area contributed by atoms with Gasteiger partial charge in [-0.25, -0.2) is 8.42 Å². The van der Waals surface area contributed by atoms with E-state index < -0.39 is 28.6 Å². The molecule has 7 nitrogen and oxygen atoms in total. The maximum atomic E-state index is 12.3. The Morgan fingerprint density at radius 2 is 2.14 bits per heavy atom. The lowest BCUT2D eigenvalue weighted by Crippen LogP contribution is -2.43. The summed E-state index contributed by atoms with van der Waals surface area (Å²) in [6, 6.07) is 4.78. The largest absolute Gasteiger partial charge is 0.480 e. The molecule has 0 saturated heterocycles. The van der Waals surface area contributed by atoms with Crippen LogP contribution in [0.2, 0.25) is 0 Å². The highest BCUT2D eigenvalue weighted by Crippen LogP contribution is 2.21. The van der Waals surface area contributed by atoms with Crippen molar-refractivity contribution in [3.8, 4) is 0 Å². The normalized spacial score (nSPS) is 13.2. The molecule has 0 aliphatic rings. The van der Waals surface area contributed by atoms with E-state index in [0.717, 1.165) is 5.56 Å². The summed E-state index contributed by atoms with van der Waals surface area (Å²) in [7, 11) is -4.11. The third-order valence-electron chi connectivity index (χ3n) is 2.88. The minimum Gasteiger partial charge on any atom is -0.480 e. The quantitative estimate of drug-likeness (QED) is 0.729. The number of pyridine rings is 1. The number of hydrogen-bond acceptors (Lipinski definition) is 5. The zero-order valence-electron chi connectivity index (χ0n) is 11.1. The fourth-order valence-electron chi connectivity index (χ4n) is 1.88. The van der Waals surface area contributed by atoms with Gasteiger partial charge in [-0.05, 0) is 24.6 Å². The number of rotatable bonds is 5. The van der Waals surface area contributed by atoms with Gasteiger partial charge in [0.1, 0.15) is 10.9 Å². The lowest BCUT2D eigenvalue weighted by atomic mass is 10.2. The van der Waals surface area contributed by atoms with Crippen molar-refractivity contribution >= 4 is 26.9 Å². The molecule has 0 aliphatic carbocycles. The smallest absolute Gasteiger partial charge is 0.324 e. The number of aliphatic hydroxyl groups is 1. The third-order valence-corrected chi connectivity index (χ3v) is 4.38. The van der Waals surface area contributed by atoms with E-state index in [1.165, 1.54) is 12.3 Å². The van der Waals surface area contributed by atoms with Gasteiger partial charge in [-0.15, -0.1) is 0 Å². The average Bonchev–Trinajstić information content (AvgIpc) is 2.43.